The van der Waals surface area contributed by atoms with Crippen LogP contribution in [0.15, 0.2) is 9.41 Å². The minimum absolute atomic E-state index is 0.131. The van der Waals surface area contributed by atoms with E-state index in [2.05, 4.69) is 46.7 Å². The second-order valence-electron chi connectivity index (χ2n) is 5.78. The van der Waals surface area contributed by atoms with Crippen molar-refractivity contribution in [1.29, 1.82) is 0 Å². The van der Waals surface area contributed by atoms with Gasteiger partial charge in [0, 0.05) is 25.7 Å². The standard InChI is InChI=1S/C14H27N5O/c1-10-11(2)20-12(19-10)9-17-13(15-6)16-7-8-18-14(3,4)5/h18H,7-9H2,1-6H3,(H2,15,16,17). The zero-order valence-corrected chi connectivity index (χ0v) is 13.4. The van der Waals surface area contributed by atoms with Crippen LogP contribution in [0.5, 0.6) is 0 Å². The van der Waals surface area contributed by atoms with Gasteiger partial charge in [-0.2, -0.15) is 0 Å². The summed E-state index contributed by atoms with van der Waals surface area (Å²) in [6, 6.07) is 0. The number of oxazole rings is 1. The zero-order chi connectivity index (χ0) is 15.2. The topological polar surface area (TPSA) is 74.5 Å². The number of hydrogen-bond donors (Lipinski definition) is 3. The Morgan fingerprint density at radius 3 is 2.40 bits per heavy atom. The van der Waals surface area contributed by atoms with Crippen LogP contribution in [0.2, 0.25) is 0 Å². The van der Waals surface area contributed by atoms with Gasteiger partial charge in [-0.15, -0.1) is 0 Å². The quantitative estimate of drug-likeness (QED) is 0.431. The third kappa shape index (κ3) is 6.06. The Morgan fingerprint density at radius 2 is 1.90 bits per heavy atom. The van der Waals surface area contributed by atoms with Crippen LogP contribution in [0.3, 0.4) is 0 Å². The molecule has 114 valence electrons. The fraction of sp³-hybridized carbons (Fsp3) is 0.714. The summed E-state index contributed by atoms with van der Waals surface area (Å²) in [6.07, 6.45) is 0. The lowest BCUT2D eigenvalue weighted by Crippen LogP contribution is -2.44. The maximum Gasteiger partial charge on any atom is 0.214 e. The molecule has 1 aromatic heterocycles. The molecule has 0 aliphatic carbocycles. The van der Waals surface area contributed by atoms with Gasteiger partial charge in [0.25, 0.3) is 0 Å². The highest BCUT2D eigenvalue weighted by molar-refractivity contribution is 5.79. The largest absolute Gasteiger partial charge is 0.444 e. The maximum absolute atomic E-state index is 5.51. The van der Waals surface area contributed by atoms with Gasteiger partial charge in [-0.1, -0.05) is 0 Å². The van der Waals surface area contributed by atoms with Crippen molar-refractivity contribution in [3.63, 3.8) is 0 Å². The van der Waals surface area contributed by atoms with E-state index in [1.54, 1.807) is 7.05 Å². The van der Waals surface area contributed by atoms with Crippen molar-refractivity contribution < 1.29 is 4.42 Å². The minimum Gasteiger partial charge on any atom is -0.444 e. The van der Waals surface area contributed by atoms with Crippen LogP contribution in [0.25, 0.3) is 0 Å². The lowest BCUT2D eigenvalue weighted by Gasteiger charge is -2.21. The van der Waals surface area contributed by atoms with Crippen molar-refractivity contribution in [2.24, 2.45) is 4.99 Å². The van der Waals surface area contributed by atoms with Crippen LogP contribution in [0, 0.1) is 13.8 Å². The molecule has 0 aliphatic heterocycles. The molecule has 1 heterocycles. The highest BCUT2D eigenvalue weighted by atomic mass is 16.4. The Balaban J connectivity index is 2.30. The van der Waals surface area contributed by atoms with Crippen LogP contribution >= 0.6 is 0 Å². The van der Waals surface area contributed by atoms with Crippen molar-refractivity contribution in [3.8, 4) is 0 Å². The number of hydrogen-bond acceptors (Lipinski definition) is 4. The van der Waals surface area contributed by atoms with E-state index in [4.69, 9.17) is 4.42 Å². The summed E-state index contributed by atoms with van der Waals surface area (Å²) in [4.78, 5) is 8.48. The van der Waals surface area contributed by atoms with E-state index in [0.29, 0.717) is 12.4 Å². The van der Waals surface area contributed by atoms with Crippen LogP contribution in [-0.2, 0) is 6.54 Å². The number of rotatable bonds is 5. The summed E-state index contributed by atoms with van der Waals surface area (Å²) in [5.41, 5.74) is 1.06. The average molecular weight is 281 g/mol. The molecule has 0 atom stereocenters. The lowest BCUT2D eigenvalue weighted by molar-refractivity contribution is 0.428. The van der Waals surface area contributed by atoms with Gasteiger partial charge in [0.05, 0.1) is 12.2 Å². The first kappa shape index (κ1) is 16.5. The normalized spacial score (nSPS) is 12.6. The van der Waals surface area contributed by atoms with Gasteiger partial charge in [0.2, 0.25) is 5.89 Å². The molecular weight excluding hydrogens is 254 g/mol. The molecule has 0 spiro atoms. The Bertz CT molecular complexity index is 425. The van der Waals surface area contributed by atoms with Gasteiger partial charge >= 0.3 is 0 Å². The third-order valence-electron chi connectivity index (χ3n) is 2.78. The van der Waals surface area contributed by atoms with E-state index in [1.807, 2.05) is 13.8 Å². The number of aromatic nitrogens is 1. The Hall–Kier alpha value is -1.56. The van der Waals surface area contributed by atoms with Gasteiger partial charge in [-0.25, -0.2) is 4.98 Å². The number of aryl methyl sites for hydroxylation is 2. The first-order valence-corrected chi connectivity index (χ1v) is 6.94. The predicted molar refractivity (Wildman–Crippen MR) is 81.9 cm³/mol. The smallest absolute Gasteiger partial charge is 0.214 e. The summed E-state index contributed by atoms with van der Waals surface area (Å²) in [5, 5.41) is 9.83. The highest BCUT2D eigenvalue weighted by Gasteiger charge is 2.08. The second-order valence-corrected chi connectivity index (χ2v) is 5.78. The summed E-state index contributed by atoms with van der Waals surface area (Å²) in [5.74, 6) is 2.28. The molecule has 0 unspecified atom stereocenters. The maximum atomic E-state index is 5.51. The van der Waals surface area contributed by atoms with Gasteiger partial charge in [-0.3, -0.25) is 4.99 Å². The minimum atomic E-state index is 0.131. The van der Waals surface area contributed by atoms with Gasteiger partial charge in [-0.05, 0) is 34.6 Å². The molecule has 20 heavy (non-hydrogen) atoms. The van der Waals surface area contributed by atoms with Gasteiger partial charge in [0.1, 0.15) is 5.76 Å². The SMILES string of the molecule is CN=C(NCCNC(C)(C)C)NCc1nc(C)c(C)o1. The number of nitrogens with zero attached hydrogens (tertiary/aromatic N) is 2. The highest BCUT2D eigenvalue weighted by Crippen LogP contribution is 2.07. The molecule has 0 saturated carbocycles. The number of aliphatic imine (C=N–C) groups is 1. The first-order valence-electron chi connectivity index (χ1n) is 6.94. The molecule has 3 N–H and O–H groups in total. The average Bonchev–Trinajstić information content (AvgIpc) is 2.66. The third-order valence-corrected chi connectivity index (χ3v) is 2.78. The molecule has 0 bridgehead atoms. The summed E-state index contributed by atoms with van der Waals surface area (Å²) in [6.45, 7) is 12.5. The zero-order valence-electron chi connectivity index (χ0n) is 13.4. The van der Waals surface area contributed by atoms with Crippen LogP contribution in [-0.4, -0.2) is 36.6 Å². The molecule has 0 saturated heterocycles. The molecule has 6 nitrogen and oxygen atoms in total. The van der Waals surface area contributed by atoms with E-state index in [1.165, 1.54) is 0 Å². The lowest BCUT2D eigenvalue weighted by atomic mass is 10.1. The van der Waals surface area contributed by atoms with Gasteiger partial charge in [0.15, 0.2) is 5.96 Å². The van der Waals surface area contributed by atoms with Gasteiger partial charge < -0.3 is 20.4 Å². The first-order chi connectivity index (χ1) is 9.31. The molecule has 6 heteroatoms. The van der Waals surface area contributed by atoms with Crippen molar-refractivity contribution in [2.45, 2.75) is 46.7 Å². The monoisotopic (exact) mass is 281 g/mol. The molecule has 0 aromatic carbocycles. The fourth-order valence-electron chi connectivity index (χ4n) is 1.61. The summed E-state index contributed by atoms with van der Waals surface area (Å²) in [7, 11) is 1.75. The summed E-state index contributed by atoms with van der Waals surface area (Å²) >= 11 is 0. The molecule has 1 rings (SSSR count). The predicted octanol–water partition coefficient (Wildman–Crippen LogP) is 1.34. The van der Waals surface area contributed by atoms with E-state index in [0.717, 1.165) is 30.5 Å². The second kappa shape index (κ2) is 7.28. The van der Waals surface area contributed by atoms with Crippen molar-refractivity contribution in [3.05, 3.63) is 17.3 Å². The number of guanidine groups is 1. The number of nitrogens with one attached hydrogen (secondary N) is 3. The van der Waals surface area contributed by atoms with E-state index >= 15 is 0 Å². The Labute approximate surface area is 121 Å². The van der Waals surface area contributed by atoms with Crippen LogP contribution in [0.1, 0.15) is 38.1 Å². The van der Waals surface area contributed by atoms with E-state index < -0.39 is 0 Å². The van der Waals surface area contributed by atoms with Crippen LogP contribution in [0.4, 0.5) is 0 Å². The molecule has 0 aliphatic rings. The molecule has 0 amide bonds. The van der Waals surface area contributed by atoms with E-state index in [-0.39, 0.29) is 5.54 Å². The van der Waals surface area contributed by atoms with Crippen LogP contribution < -0.4 is 16.0 Å². The molecule has 0 radical (unpaired) electrons. The molecule has 0 fully saturated rings. The Kier molecular flexibility index (Phi) is 6.01. The molecule has 1 aromatic rings. The van der Waals surface area contributed by atoms with E-state index in [9.17, 15) is 0 Å². The van der Waals surface area contributed by atoms with Crippen molar-refractivity contribution in [2.75, 3.05) is 20.1 Å². The molecular formula is C14H27N5O. The van der Waals surface area contributed by atoms with Crippen molar-refractivity contribution in [1.82, 2.24) is 20.9 Å². The summed E-state index contributed by atoms with van der Waals surface area (Å²) < 4.78 is 5.51. The van der Waals surface area contributed by atoms with Crippen molar-refractivity contribution >= 4 is 5.96 Å². The fourth-order valence-corrected chi connectivity index (χ4v) is 1.61. The Morgan fingerprint density at radius 1 is 1.20 bits per heavy atom.